The molecular formula is C26H30N2O. The molecule has 1 fully saturated rings. The summed E-state index contributed by atoms with van der Waals surface area (Å²) in [6, 6.07) is 30.5. The fourth-order valence-electron chi connectivity index (χ4n) is 4.38. The van der Waals surface area contributed by atoms with Gasteiger partial charge in [0.2, 0.25) is 0 Å². The highest BCUT2D eigenvalue weighted by molar-refractivity contribution is 5.33. The number of rotatable bonds is 7. The van der Waals surface area contributed by atoms with Gasteiger partial charge in [-0.05, 0) is 23.6 Å². The number of methoxy groups -OCH3 is 1. The fraction of sp³-hybridized carbons (Fsp3) is 0.308. The molecule has 150 valence electrons. The van der Waals surface area contributed by atoms with Crippen LogP contribution in [0.1, 0.15) is 29.0 Å². The summed E-state index contributed by atoms with van der Waals surface area (Å²) in [6.07, 6.45) is 1.14. The van der Waals surface area contributed by atoms with Gasteiger partial charge in [-0.25, -0.2) is 0 Å². The molecule has 0 aliphatic carbocycles. The van der Waals surface area contributed by atoms with E-state index in [4.69, 9.17) is 4.74 Å². The standard InChI is InChI=1S/C26H30N2O/c1-29-26-15-9-8-14-23(26)18-27-25-16-17-28(19-21-10-4-2-5-11-21)20-24(25)22-12-6-3-7-13-22/h2-15,24-25,27H,16-20H2,1H3. The second kappa shape index (κ2) is 9.73. The molecule has 3 aromatic carbocycles. The zero-order valence-electron chi connectivity index (χ0n) is 17.1. The zero-order valence-corrected chi connectivity index (χ0v) is 17.1. The molecule has 1 aliphatic rings. The lowest BCUT2D eigenvalue weighted by atomic mass is 9.85. The lowest BCUT2D eigenvalue weighted by Gasteiger charge is -2.39. The van der Waals surface area contributed by atoms with Crippen molar-refractivity contribution in [2.24, 2.45) is 0 Å². The third kappa shape index (κ3) is 5.06. The van der Waals surface area contributed by atoms with Gasteiger partial charge in [0.15, 0.2) is 0 Å². The minimum Gasteiger partial charge on any atom is -0.496 e. The van der Waals surface area contributed by atoms with Crippen molar-refractivity contribution in [3.05, 3.63) is 102 Å². The van der Waals surface area contributed by atoms with E-state index in [1.54, 1.807) is 7.11 Å². The van der Waals surface area contributed by atoms with Crippen LogP contribution in [-0.2, 0) is 13.1 Å². The number of nitrogens with zero attached hydrogens (tertiary/aromatic N) is 1. The van der Waals surface area contributed by atoms with Gasteiger partial charge in [-0.1, -0.05) is 78.9 Å². The van der Waals surface area contributed by atoms with Crippen LogP contribution < -0.4 is 10.1 Å². The first-order chi connectivity index (χ1) is 14.3. The van der Waals surface area contributed by atoms with Crippen LogP contribution in [0.2, 0.25) is 0 Å². The molecule has 0 radical (unpaired) electrons. The van der Waals surface area contributed by atoms with Gasteiger partial charge >= 0.3 is 0 Å². The molecule has 1 aliphatic heterocycles. The minimum absolute atomic E-state index is 0.453. The largest absolute Gasteiger partial charge is 0.496 e. The maximum atomic E-state index is 5.53. The normalized spacial score (nSPS) is 19.8. The van der Waals surface area contributed by atoms with E-state index in [2.05, 4.69) is 83.0 Å². The number of hydrogen-bond donors (Lipinski definition) is 1. The topological polar surface area (TPSA) is 24.5 Å². The molecule has 0 amide bonds. The van der Waals surface area contributed by atoms with Crippen LogP contribution >= 0.6 is 0 Å². The van der Waals surface area contributed by atoms with Crippen molar-refractivity contribution in [2.45, 2.75) is 31.5 Å². The Balaban J connectivity index is 1.47. The Morgan fingerprint density at radius 1 is 0.897 bits per heavy atom. The Kier molecular flexibility index (Phi) is 6.60. The smallest absolute Gasteiger partial charge is 0.123 e. The number of likely N-dealkylation sites (tertiary alicyclic amines) is 1. The molecule has 3 nitrogen and oxygen atoms in total. The molecule has 1 N–H and O–H groups in total. The zero-order chi connectivity index (χ0) is 19.9. The Labute approximate surface area is 174 Å². The molecule has 3 heteroatoms. The molecule has 3 aromatic rings. The summed E-state index contributed by atoms with van der Waals surface area (Å²) in [5.41, 5.74) is 4.02. The summed E-state index contributed by atoms with van der Waals surface area (Å²) in [5, 5.41) is 3.84. The van der Waals surface area contributed by atoms with Crippen molar-refractivity contribution in [2.75, 3.05) is 20.2 Å². The minimum atomic E-state index is 0.453. The maximum Gasteiger partial charge on any atom is 0.123 e. The molecule has 29 heavy (non-hydrogen) atoms. The Morgan fingerprint density at radius 2 is 1.59 bits per heavy atom. The van der Waals surface area contributed by atoms with Crippen molar-refractivity contribution >= 4 is 0 Å². The highest BCUT2D eigenvalue weighted by Crippen LogP contribution is 2.29. The number of ether oxygens (including phenoxy) is 1. The maximum absolute atomic E-state index is 5.53. The van der Waals surface area contributed by atoms with Crippen molar-refractivity contribution in [3.8, 4) is 5.75 Å². The average molecular weight is 387 g/mol. The molecule has 2 unspecified atom stereocenters. The second-order valence-corrected chi connectivity index (χ2v) is 7.83. The highest BCUT2D eigenvalue weighted by atomic mass is 16.5. The molecule has 0 aromatic heterocycles. The van der Waals surface area contributed by atoms with Gasteiger partial charge in [-0.3, -0.25) is 4.90 Å². The Hall–Kier alpha value is -2.62. The average Bonchev–Trinajstić information content (AvgIpc) is 2.79. The van der Waals surface area contributed by atoms with E-state index in [-0.39, 0.29) is 0 Å². The highest BCUT2D eigenvalue weighted by Gasteiger charge is 2.30. The van der Waals surface area contributed by atoms with Crippen LogP contribution in [0.15, 0.2) is 84.9 Å². The molecule has 2 atom stereocenters. The van der Waals surface area contributed by atoms with Crippen LogP contribution in [0.3, 0.4) is 0 Å². The van der Waals surface area contributed by atoms with Crippen LogP contribution in [-0.4, -0.2) is 31.1 Å². The van der Waals surface area contributed by atoms with Crippen molar-refractivity contribution in [1.82, 2.24) is 10.2 Å². The quantitative estimate of drug-likeness (QED) is 0.629. The Morgan fingerprint density at radius 3 is 2.34 bits per heavy atom. The molecule has 4 rings (SSSR count). The van der Waals surface area contributed by atoms with Crippen molar-refractivity contribution < 1.29 is 4.74 Å². The van der Waals surface area contributed by atoms with Crippen LogP contribution in [0.4, 0.5) is 0 Å². The van der Waals surface area contributed by atoms with Gasteiger partial charge in [-0.15, -0.1) is 0 Å². The van der Waals surface area contributed by atoms with Gasteiger partial charge in [0.05, 0.1) is 7.11 Å². The summed E-state index contributed by atoms with van der Waals surface area (Å²) in [4.78, 5) is 2.59. The van der Waals surface area contributed by atoms with Gasteiger partial charge in [0, 0.05) is 43.7 Å². The predicted octanol–water partition coefficient (Wildman–Crippen LogP) is 4.84. The first kappa shape index (κ1) is 19.7. The van der Waals surface area contributed by atoms with Crippen LogP contribution in [0.25, 0.3) is 0 Å². The summed E-state index contributed by atoms with van der Waals surface area (Å²) in [6.45, 7) is 4.03. The number of benzene rings is 3. The first-order valence-electron chi connectivity index (χ1n) is 10.5. The second-order valence-electron chi connectivity index (χ2n) is 7.83. The lowest BCUT2D eigenvalue weighted by Crippen LogP contribution is -2.47. The summed E-state index contributed by atoms with van der Waals surface area (Å²) in [7, 11) is 1.74. The molecule has 1 heterocycles. The lowest BCUT2D eigenvalue weighted by molar-refractivity contribution is 0.166. The van der Waals surface area contributed by atoms with E-state index in [0.29, 0.717) is 12.0 Å². The summed E-state index contributed by atoms with van der Waals surface area (Å²) >= 11 is 0. The Bertz CT molecular complexity index is 881. The van der Waals surface area contributed by atoms with E-state index in [9.17, 15) is 0 Å². The number of nitrogens with one attached hydrogen (secondary N) is 1. The van der Waals surface area contributed by atoms with E-state index >= 15 is 0 Å². The van der Waals surface area contributed by atoms with E-state index in [1.165, 1.54) is 16.7 Å². The third-order valence-electron chi connectivity index (χ3n) is 5.92. The molecule has 1 saturated heterocycles. The molecule has 0 saturated carbocycles. The van der Waals surface area contributed by atoms with Crippen molar-refractivity contribution in [3.63, 3.8) is 0 Å². The number of piperidine rings is 1. The van der Waals surface area contributed by atoms with Crippen LogP contribution in [0, 0.1) is 0 Å². The third-order valence-corrected chi connectivity index (χ3v) is 5.92. The molecule has 0 bridgehead atoms. The van der Waals surface area contributed by atoms with E-state index in [0.717, 1.165) is 38.3 Å². The summed E-state index contributed by atoms with van der Waals surface area (Å²) < 4.78 is 5.53. The fourth-order valence-corrected chi connectivity index (χ4v) is 4.38. The van der Waals surface area contributed by atoms with Gasteiger partial charge in [0.25, 0.3) is 0 Å². The first-order valence-corrected chi connectivity index (χ1v) is 10.5. The van der Waals surface area contributed by atoms with Gasteiger partial charge < -0.3 is 10.1 Å². The van der Waals surface area contributed by atoms with Gasteiger partial charge in [0.1, 0.15) is 5.75 Å². The van der Waals surface area contributed by atoms with Crippen LogP contribution in [0.5, 0.6) is 5.75 Å². The van der Waals surface area contributed by atoms with Gasteiger partial charge in [-0.2, -0.15) is 0 Å². The molecule has 0 spiro atoms. The van der Waals surface area contributed by atoms with E-state index < -0.39 is 0 Å². The van der Waals surface area contributed by atoms with E-state index in [1.807, 2.05) is 12.1 Å². The summed E-state index contributed by atoms with van der Waals surface area (Å²) in [5.74, 6) is 1.43. The SMILES string of the molecule is COc1ccccc1CNC1CCN(Cc2ccccc2)CC1c1ccccc1. The molecular weight excluding hydrogens is 356 g/mol. The number of hydrogen-bond acceptors (Lipinski definition) is 3. The number of para-hydroxylation sites is 1. The predicted molar refractivity (Wildman–Crippen MR) is 119 cm³/mol. The van der Waals surface area contributed by atoms with Crippen molar-refractivity contribution in [1.29, 1.82) is 0 Å². The monoisotopic (exact) mass is 386 g/mol.